The summed E-state index contributed by atoms with van der Waals surface area (Å²) in [5.74, 6) is 2.60. The first kappa shape index (κ1) is 17.2. The largest absolute Gasteiger partial charge is 0.394 e. The summed E-state index contributed by atoms with van der Waals surface area (Å²) in [6.45, 7) is 0.730. The topological polar surface area (TPSA) is 38.7 Å². The smallest absolute Gasteiger partial charge is 0.108 e. The van der Waals surface area contributed by atoms with Gasteiger partial charge < -0.3 is 14.6 Å². The molecule has 2 aromatic carbocycles. The summed E-state index contributed by atoms with van der Waals surface area (Å²) >= 11 is 0. The van der Waals surface area contributed by atoms with Gasteiger partial charge in [0.25, 0.3) is 0 Å². The Balaban J connectivity index is 1.92. The molecule has 0 aliphatic rings. The predicted octanol–water partition coefficient (Wildman–Crippen LogP) is 3.17. The van der Waals surface area contributed by atoms with Crippen molar-refractivity contribution in [3.05, 3.63) is 71.8 Å². The normalized spacial score (nSPS) is 13.2. The number of rotatable bonds is 9. The molecule has 0 saturated heterocycles. The first-order chi connectivity index (χ1) is 11.3. The van der Waals surface area contributed by atoms with Gasteiger partial charge in [-0.3, -0.25) is 0 Å². The molecule has 0 heterocycles. The fraction of sp³-hybridized carbons (Fsp3) is 0.300. The minimum Gasteiger partial charge on any atom is -0.394 e. The standard InChI is InChI=1S/C20H22O3/c1-2-9-19(22-15-17-10-5-3-6-11-17)20(14-21)23-16-18-12-7-4-8-13-18/h1,3-8,10-13,19-21H,9,14-16H2/t19-,20+/m0/s1. The number of hydrogen-bond donors (Lipinski definition) is 1. The van der Waals surface area contributed by atoms with Crippen LogP contribution in [0.5, 0.6) is 0 Å². The molecule has 0 aromatic heterocycles. The molecule has 3 heteroatoms. The molecule has 0 radical (unpaired) electrons. The molecule has 2 aromatic rings. The molecule has 0 fully saturated rings. The lowest BCUT2D eigenvalue weighted by atomic mass is 10.1. The number of hydrogen-bond acceptors (Lipinski definition) is 3. The summed E-state index contributed by atoms with van der Waals surface area (Å²) in [7, 11) is 0. The van der Waals surface area contributed by atoms with Crippen molar-refractivity contribution in [2.24, 2.45) is 0 Å². The number of aliphatic hydroxyl groups is 1. The van der Waals surface area contributed by atoms with E-state index in [1.54, 1.807) is 0 Å². The molecular formula is C20H22O3. The van der Waals surface area contributed by atoms with Gasteiger partial charge in [0.2, 0.25) is 0 Å². The van der Waals surface area contributed by atoms with E-state index in [0.717, 1.165) is 11.1 Å². The number of ether oxygens (including phenoxy) is 2. The molecule has 23 heavy (non-hydrogen) atoms. The minimum absolute atomic E-state index is 0.131. The molecule has 120 valence electrons. The van der Waals surface area contributed by atoms with Crippen molar-refractivity contribution >= 4 is 0 Å². The molecule has 2 atom stereocenters. The van der Waals surface area contributed by atoms with Crippen LogP contribution in [-0.4, -0.2) is 23.9 Å². The van der Waals surface area contributed by atoms with Crippen LogP contribution >= 0.6 is 0 Å². The van der Waals surface area contributed by atoms with E-state index in [-0.39, 0.29) is 12.7 Å². The lowest BCUT2D eigenvalue weighted by Gasteiger charge is -2.25. The zero-order chi connectivity index (χ0) is 16.3. The van der Waals surface area contributed by atoms with Gasteiger partial charge in [-0.15, -0.1) is 12.3 Å². The zero-order valence-corrected chi connectivity index (χ0v) is 13.1. The van der Waals surface area contributed by atoms with Crippen LogP contribution < -0.4 is 0 Å². The van der Waals surface area contributed by atoms with Gasteiger partial charge in [0.1, 0.15) is 6.10 Å². The predicted molar refractivity (Wildman–Crippen MR) is 90.6 cm³/mol. The van der Waals surface area contributed by atoms with E-state index in [1.165, 1.54) is 0 Å². The summed E-state index contributed by atoms with van der Waals surface area (Å²) < 4.78 is 11.7. The minimum atomic E-state index is -0.449. The monoisotopic (exact) mass is 310 g/mol. The summed E-state index contributed by atoms with van der Waals surface area (Å²) in [6.07, 6.45) is 5.04. The van der Waals surface area contributed by atoms with Crippen LogP contribution in [0.4, 0.5) is 0 Å². The average Bonchev–Trinajstić information content (AvgIpc) is 2.62. The van der Waals surface area contributed by atoms with Gasteiger partial charge in [0.15, 0.2) is 0 Å². The Kier molecular flexibility index (Phi) is 7.35. The van der Waals surface area contributed by atoms with Gasteiger partial charge >= 0.3 is 0 Å². The first-order valence-electron chi connectivity index (χ1n) is 7.69. The van der Waals surface area contributed by atoms with Crippen LogP contribution in [0.1, 0.15) is 17.5 Å². The second-order valence-corrected chi connectivity index (χ2v) is 5.26. The Bertz CT molecular complexity index is 589. The highest BCUT2D eigenvalue weighted by molar-refractivity contribution is 5.14. The maximum atomic E-state index is 9.62. The highest BCUT2D eigenvalue weighted by Crippen LogP contribution is 2.14. The molecular weight excluding hydrogens is 288 g/mol. The summed E-state index contributed by atoms with van der Waals surface area (Å²) in [5, 5.41) is 9.62. The Morgan fingerprint density at radius 1 is 0.826 bits per heavy atom. The zero-order valence-electron chi connectivity index (χ0n) is 13.1. The molecule has 0 aliphatic heterocycles. The molecule has 1 N–H and O–H groups in total. The second kappa shape index (κ2) is 9.81. The van der Waals surface area contributed by atoms with Crippen molar-refractivity contribution in [3.63, 3.8) is 0 Å². The Hall–Kier alpha value is -2.12. The maximum absolute atomic E-state index is 9.62. The fourth-order valence-electron chi connectivity index (χ4n) is 2.25. The van der Waals surface area contributed by atoms with Gasteiger partial charge in [-0.1, -0.05) is 60.7 Å². The van der Waals surface area contributed by atoms with Crippen molar-refractivity contribution in [3.8, 4) is 12.3 Å². The van der Waals surface area contributed by atoms with E-state index in [0.29, 0.717) is 19.6 Å². The summed E-state index contributed by atoms with van der Waals surface area (Å²) in [5.41, 5.74) is 2.11. The van der Waals surface area contributed by atoms with E-state index >= 15 is 0 Å². The quantitative estimate of drug-likeness (QED) is 0.723. The highest BCUT2D eigenvalue weighted by atomic mass is 16.5. The molecule has 0 bridgehead atoms. The molecule has 0 saturated carbocycles. The van der Waals surface area contributed by atoms with Crippen molar-refractivity contribution in [2.75, 3.05) is 6.61 Å². The molecule has 0 unspecified atom stereocenters. The fourth-order valence-corrected chi connectivity index (χ4v) is 2.25. The second-order valence-electron chi connectivity index (χ2n) is 5.26. The molecule has 3 nitrogen and oxygen atoms in total. The average molecular weight is 310 g/mol. The molecule has 0 spiro atoms. The number of terminal acetylenes is 1. The molecule has 0 aliphatic carbocycles. The van der Waals surface area contributed by atoms with Crippen molar-refractivity contribution in [1.82, 2.24) is 0 Å². The summed E-state index contributed by atoms with van der Waals surface area (Å²) in [4.78, 5) is 0. The van der Waals surface area contributed by atoms with Crippen LogP contribution in [0.15, 0.2) is 60.7 Å². The first-order valence-corrected chi connectivity index (χ1v) is 7.69. The van der Waals surface area contributed by atoms with E-state index in [4.69, 9.17) is 15.9 Å². The van der Waals surface area contributed by atoms with Gasteiger partial charge in [-0.25, -0.2) is 0 Å². The third-order valence-corrected chi connectivity index (χ3v) is 3.53. The number of benzene rings is 2. The Labute approximate surface area is 137 Å². The van der Waals surface area contributed by atoms with Gasteiger partial charge in [0.05, 0.1) is 25.9 Å². The van der Waals surface area contributed by atoms with Crippen molar-refractivity contribution < 1.29 is 14.6 Å². The number of aliphatic hydroxyl groups excluding tert-OH is 1. The molecule has 0 amide bonds. The van der Waals surface area contributed by atoms with Gasteiger partial charge in [0, 0.05) is 6.42 Å². The molecule has 2 rings (SSSR count). The Morgan fingerprint density at radius 3 is 1.74 bits per heavy atom. The van der Waals surface area contributed by atoms with Crippen LogP contribution in [0.25, 0.3) is 0 Å². The highest BCUT2D eigenvalue weighted by Gasteiger charge is 2.22. The Morgan fingerprint density at radius 2 is 1.30 bits per heavy atom. The third-order valence-electron chi connectivity index (χ3n) is 3.53. The van der Waals surface area contributed by atoms with E-state index in [1.807, 2.05) is 60.7 Å². The van der Waals surface area contributed by atoms with Crippen molar-refractivity contribution in [1.29, 1.82) is 0 Å². The van der Waals surface area contributed by atoms with Gasteiger partial charge in [-0.2, -0.15) is 0 Å². The SMILES string of the molecule is C#CC[C@H](OCc1ccccc1)[C@@H](CO)OCc1ccccc1. The van der Waals surface area contributed by atoms with E-state index in [9.17, 15) is 5.11 Å². The third kappa shape index (κ3) is 5.88. The lowest BCUT2D eigenvalue weighted by Crippen LogP contribution is -2.34. The van der Waals surface area contributed by atoms with Gasteiger partial charge in [-0.05, 0) is 11.1 Å². The van der Waals surface area contributed by atoms with E-state index < -0.39 is 6.10 Å². The van der Waals surface area contributed by atoms with Crippen LogP contribution in [-0.2, 0) is 22.7 Å². The van der Waals surface area contributed by atoms with Crippen molar-refractivity contribution in [2.45, 2.75) is 31.8 Å². The van der Waals surface area contributed by atoms with E-state index in [2.05, 4.69) is 5.92 Å². The lowest BCUT2D eigenvalue weighted by molar-refractivity contribution is -0.101. The van der Waals surface area contributed by atoms with Crippen LogP contribution in [0.3, 0.4) is 0 Å². The maximum Gasteiger partial charge on any atom is 0.108 e. The van der Waals surface area contributed by atoms with Crippen LogP contribution in [0, 0.1) is 12.3 Å². The van der Waals surface area contributed by atoms with Crippen LogP contribution in [0.2, 0.25) is 0 Å². The summed E-state index contributed by atoms with van der Waals surface area (Å²) in [6, 6.07) is 19.7.